The molecule has 0 aromatic heterocycles. The van der Waals surface area contributed by atoms with E-state index in [1.54, 1.807) is 0 Å². The summed E-state index contributed by atoms with van der Waals surface area (Å²) in [6, 6.07) is 0. The highest BCUT2D eigenvalue weighted by Gasteiger charge is 2.00. The summed E-state index contributed by atoms with van der Waals surface area (Å²) >= 11 is 0. The van der Waals surface area contributed by atoms with E-state index in [0.29, 0.717) is 0 Å². The number of hydrogen-bond acceptors (Lipinski definition) is 3. The molecule has 0 aliphatic carbocycles. The van der Waals surface area contributed by atoms with Gasteiger partial charge in [-0.1, -0.05) is 26.3 Å². The van der Waals surface area contributed by atoms with Crippen LogP contribution in [0.4, 0.5) is 0 Å². The van der Waals surface area contributed by atoms with Gasteiger partial charge in [0.25, 0.3) is 0 Å². The Hall–Kier alpha value is -0.360. The number of ether oxygens (including phenoxy) is 1. The number of rotatable bonds is 5. The second-order valence-corrected chi connectivity index (χ2v) is 4.82. The number of phosphoric acid groups is 2. The van der Waals surface area contributed by atoms with E-state index in [0.717, 1.165) is 13.0 Å². The van der Waals surface area contributed by atoms with E-state index in [-0.39, 0.29) is 16.4 Å². The zero-order chi connectivity index (χ0) is 15.2. The van der Waals surface area contributed by atoms with Gasteiger partial charge in [0.05, 0.1) is 12.9 Å². The molecule has 0 aromatic rings. The Kier molecular flexibility index (Phi) is 38.8. The summed E-state index contributed by atoms with van der Waals surface area (Å²) in [5.74, 6) is 0. The second kappa shape index (κ2) is 21.9. The van der Waals surface area contributed by atoms with E-state index in [2.05, 4.69) is 13.5 Å². The third kappa shape index (κ3) is 284. The SMILES string of the molecule is C=COCCCCC.O.O.O.O=P(O)(O)O.O=P(O)(O)O. The average molecular weight is 364 g/mol. The summed E-state index contributed by atoms with van der Waals surface area (Å²) in [5, 5.41) is 0. The summed E-state index contributed by atoms with van der Waals surface area (Å²) in [5.41, 5.74) is 0. The van der Waals surface area contributed by atoms with E-state index in [1.165, 1.54) is 19.1 Å². The van der Waals surface area contributed by atoms with E-state index >= 15 is 0 Å². The van der Waals surface area contributed by atoms with Crippen LogP contribution in [0.5, 0.6) is 0 Å². The lowest BCUT2D eigenvalue weighted by Crippen LogP contribution is -1.84. The highest BCUT2D eigenvalue weighted by atomic mass is 31.2. The van der Waals surface area contributed by atoms with Crippen molar-refractivity contribution < 1.29 is 59.7 Å². The van der Waals surface area contributed by atoms with Crippen molar-refractivity contribution >= 4 is 15.6 Å². The van der Waals surface area contributed by atoms with Crippen molar-refractivity contribution in [2.45, 2.75) is 26.2 Å². The minimum atomic E-state index is -4.64. The molecule has 0 radical (unpaired) electrons. The summed E-state index contributed by atoms with van der Waals surface area (Å²) in [6.07, 6.45) is 5.16. The molecule has 136 valence electrons. The van der Waals surface area contributed by atoms with Crippen LogP contribution in [0.3, 0.4) is 0 Å². The van der Waals surface area contributed by atoms with Gasteiger partial charge in [0.2, 0.25) is 0 Å². The zero-order valence-electron chi connectivity index (χ0n) is 11.4. The molecule has 0 amide bonds. The maximum absolute atomic E-state index is 8.88. The van der Waals surface area contributed by atoms with Gasteiger partial charge in [-0.15, -0.1) is 0 Å². The molecule has 12 nitrogen and oxygen atoms in total. The quantitative estimate of drug-likeness (QED) is 0.179. The van der Waals surface area contributed by atoms with Gasteiger partial charge in [-0.25, -0.2) is 9.13 Å². The van der Waals surface area contributed by atoms with Crippen molar-refractivity contribution in [1.29, 1.82) is 0 Å². The van der Waals surface area contributed by atoms with Crippen molar-refractivity contribution in [2.75, 3.05) is 6.61 Å². The van der Waals surface area contributed by atoms with Crippen LogP contribution in [-0.4, -0.2) is 52.4 Å². The molecule has 0 heterocycles. The summed E-state index contributed by atoms with van der Waals surface area (Å²) in [4.78, 5) is 43.1. The molecule has 0 saturated carbocycles. The van der Waals surface area contributed by atoms with Gasteiger partial charge >= 0.3 is 15.6 Å². The van der Waals surface area contributed by atoms with E-state index in [9.17, 15) is 0 Å². The molecule has 0 atom stereocenters. The number of hydrogen-bond donors (Lipinski definition) is 6. The summed E-state index contributed by atoms with van der Waals surface area (Å²) in [6.45, 7) is 6.44. The van der Waals surface area contributed by atoms with Crippen LogP contribution in [0, 0.1) is 0 Å². The third-order valence-corrected chi connectivity index (χ3v) is 0.984. The Bertz CT molecular complexity index is 234. The molecule has 0 aliphatic heterocycles. The van der Waals surface area contributed by atoms with Gasteiger partial charge in [0, 0.05) is 0 Å². The minimum Gasteiger partial charge on any atom is -0.502 e. The van der Waals surface area contributed by atoms with Gasteiger partial charge in [-0.3, -0.25) is 0 Å². The third-order valence-electron chi connectivity index (χ3n) is 0.984. The fourth-order valence-electron chi connectivity index (χ4n) is 0.519. The van der Waals surface area contributed by atoms with E-state index in [1.807, 2.05) is 0 Å². The molecule has 0 saturated heterocycles. The fraction of sp³-hybridized carbons (Fsp3) is 0.714. The largest absolute Gasteiger partial charge is 0.502 e. The van der Waals surface area contributed by atoms with Crippen molar-refractivity contribution in [3.8, 4) is 0 Å². The maximum atomic E-state index is 8.88. The molecule has 14 heteroatoms. The summed E-state index contributed by atoms with van der Waals surface area (Å²) in [7, 11) is -9.28. The zero-order valence-corrected chi connectivity index (χ0v) is 13.2. The Morgan fingerprint density at radius 1 is 0.905 bits per heavy atom. The fourth-order valence-corrected chi connectivity index (χ4v) is 0.519. The second-order valence-electron chi connectivity index (χ2n) is 2.77. The smallest absolute Gasteiger partial charge is 0.466 e. The van der Waals surface area contributed by atoms with Crippen molar-refractivity contribution in [3.05, 3.63) is 12.8 Å². The molecule has 0 aromatic carbocycles. The van der Waals surface area contributed by atoms with Crippen LogP contribution in [0.2, 0.25) is 0 Å². The van der Waals surface area contributed by atoms with Crippen LogP contribution in [0.25, 0.3) is 0 Å². The first-order chi connectivity index (χ1) is 7.91. The van der Waals surface area contributed by atoms with E-state index in [4.69, 9.17) is 43.2 Å². The van der Waals surface area contributed by atoms with Gasteiger partial charge < -0.3 is 50.5 Å². The Labute approximate surface area is 122 Å². The first-order valence-corrected chi connectivity index (χ1v) is 7.84. The van der Waals surface area contributed by atoms with Crippen molar-refractivity contribution in [1.82, 2.24) is 0 Å². The Morgan fingerprint density at radius 2 is 1.19 bits per heavy atom. The van der Waals surface area contributed by atoms with Crippen molar-refractivity contribution in [3.63, 3.8) is 0 Å². The molecule has 0 bridgehead atoms. The molecule has 0 rings (SSSR count). The summed E-state index contributed by atoms with van der Waals surface area (Å²) < 4.78 is 22.7. The Balaban J connectivity index is -0.0000000389. The standard InChI is InChI=1S/C7H14O.2H3O4P.3H2O/c1-3-5-6-7-8-4-2;2*1-5(2,3)4;;;/h4H,2-3,5-7H2,1H3;2*(H3,1,2,3,4);3*1H2. The monoisotopic (exact) mass is 364 g/mol. The van der Waals surface area contributed by atoms with Crippen LogP contribution >= 0.6 is 15.6 Å². The normalized spacial score (nSPS) is 8.90. The van der Waals surface area contributed by atoms with E-state index < -0.39 is 15.6 Å². The lowest BCUT2D eigenvalue weighted by Gasteiger charge is -1.96. The molecule has 0 aliphatic rings. The minimum absolute atomic E-state index is 0. The van der Waals surface area contributed by atoms with Gasteiger partial charge in [0.1, 0.15) is 0 Å². The molecule has 21 heavy (non-hydrogen) atoms. The first-order valence-electron chi connectivity index (χ1n) is 4.70. The lowest BCUT2D eigenvalue weighted by atomic mass is 10.3. The molecular weight excluding hydrogens is 338 g/mol. The van der Waals surface area contributed by atoms with Gasteiger partial charge in [0.15, 0.2) is 0 Å². The molecule has 12 N–H and O–H groups in total. The Morgan fingerprint density at radius 3 is 1.38 bits per heavy atom. The maximum Gasteiger partial charge on any atom is 0.466 e. The van der Waals surface area contributed by atoms with Crippen LogP contribution in [0.1, 0.15) is 26.2 Å². The highest BCUT2D eigenvalue weighted by Crippen LogP contribution is 2.26. The predicted molar refractivity (Wildman–Crippen MR) is 75.0 cm³/mol. The molecule has 0 unspecified atom stereocenters. The first kappa shape index (κ1) is 37.1. The van der Waals surface area contributed by atoms with Gasteiger partial charge in [-0.05, 0) is 6.42 Å². The molecule has 0 spiro atoms. The molecular formula is C7H26O12P2. The van der Waals surface area contributed by atoms with Crippen LogP contribution < -0.4 is 0 Å². The predicted octanol–water partition coefficient (Wildman–Crippen LogP) is -1.99. The number of unbranched alkanes of at least 4 members (excludes halogenated alkanes) is 2. The van der Waals surface area contributed by atoms with Gasteiger partial charge in [-0.2, -0.15) is 0 Å². The van der Waals surface area contributed by atoms with Crippen molar-refractivity contribution in [2.24, 2.45) is 0 Å². The van der Waals surface area contributed by atoms with Crippen LogP contribution in [0.15, 0.2) is 12.8 Å². The average Bonchev–Trinajstić information content (AvgIpc) is 2.07. The highest BCUT2D eigenvalue weighted by molar-refractivity contribution is 7.45. The topological polar surface area (TPSA) is 259 Å². The lowest BCUT2D eigenvalue weighted by molar-refractivity contribution is 0.243. The molecule has 0 fully saturated rings. The van der Waals surface area contributed by atoms with Crippen LogP contribution in [-0.2, 0) is 13.9 Å².